The number of amides is 1. The number of thiophene rings is 2. The van der Waals surface area contributed by atoms with E-state index in [0.29, 0.717) is 22.4 Å². The van der Waals surface area contributed by atoms with E-state index in [-0.39, 0.29) is 24.1 Å². The van der Waals surface area contributed by atoms with Crippen molar-refractivity contribution in [3.63, 3.8) is 0 Å². The zero-order chi connectivity index (χ0) is 19.1. The number of rotatable bonds is 4. The highest BCUT2D eigenvalue weighted by Crippen LogP contribution is 2.34. The number of furan rings is 1. The van der Waals surface area contributed by atoms with Crippen LogP contribution < -0.4 is 5.56 Å². The van der Waals surface area contributed by atoms with Gasteiger partial charge in [-0.3, -0.25) is 14.2 Å². The van der Waals surface area contributed by atoms with Crippen molar-refractivity contribution in [1.29, 1.82) is 0 Å². The number of hydrogen-bond acceptors (Lipinski definition) is 7. The monoisotopic (exact) mass is 410 g/mol. The van der Waals surface area contributed by atoms with E-state index in [1.54, 1.807) is 29.7 Å². The summed E-state index contributed by atoms with van der Waals surface area (Å²) in [6.45, 7) is -0.129. The third-order valence-electron chi connectivity index (χ3n) is 4.60. The minimum atomic E-state index is -0.326. The molecule has 0 saturated heterocycles. The standard InChI is InChI=1S/C19H14N4O3S2/c24-17(10-22-11-20-18-12(19(22)25)5-8-28-18)23-14(15-3-1-6-26-15)9-13(21-23)16-4-2-7-27-16/h1-8,11,14H,9-10H2/t14-/m0/s1. The first kappa shape index (κ1) is 17.1. The van der Waals surface area contributed by atoms with Crippen molar-refractivity contribution in [2.45, 2.75) is 19.0 Å². The maximum Gasteiger partial charge on any atom is 0.263 e. The van der Waals surface area contributed by atoms with E-state index < -0.39 is 0 Å². The summed E-state index contributed by atoms with van der Waals surface area (Å²) in [6, 6.07) is 8.97. The molecule has 4 aromatic heterocycles. The highest BCUT2D eigenvalue weighted by molar-refractivity contribution is 7.16. The topological polar surface area (TPSA) is 80.7 Å². The molecule has 5 heterocycles. The van der Waals surface area contributed by atoms with Gasteiger partial charge in [-0.15, -0.1) is 22.7 Å². The predicted molar refractivity (Wildman–Crippen MR) is 108 cm³/mol. The van der Waals surface area contributed by atoms with E-state index in [0.717, 1.165) is 10.6 Å². The summed E-state index contributed by atoms with van der Waals surface area (Å²) in [6.07, 6.45) is 3.57. The van der Waals surface area contributed by atoms with Crippen LogP contribution in [0.3, 0.4) is 0 Å². The van der Waals surface area contributed by atoms with E-state index in [1.165, 1.54) is 27.2 Å². The summed E-state index contributed by atoms with van der Waals surface area (Å²) in [5.41, 5.74) is 0.610. The number of aromatic nitrogens is 2. The highest BCUT2D eigenvalue weighted by Gasteiger charge is 2.35. The average Bonchev–Trinajstić information content (AvgIpc) is 3.48. The lowest BCUT2D eigenvalue weighted by atomic mass is 10.1. The number of nitrogens with zero attached hydrogens (tertiary/aromatic N) is 4. The van der Waals surface area contributed by atoms with E-state index in [4.69, 9.17) is 4.42 Å². The highest BCUT2D eigenvalue weighted by atomic mass is 32.1. The minimum absolute atomic E-state index is 0.129. The van der Waals surface area contributed by atoms with Gasteiger partial charge in [-0.2, -0.15) is 5.10 Å². The number of hydrogen-bond donors (Lipinski definition) is 0. The maximum atomic E-state index is 13.1. The number of carbonyl (C=O) groups excluding carboxylic acids is 1. The molecule has 4 aromatic rings. The van der Waals surface area contributed by atoms with E-state index in [9.17, 15) is 9.59 Å². The fourth-order valence-corrected chi connectivity index (χ4v) is 4.70. The van der Waals surface area contributed by atoms with Gasteiger partial charge >= 0.3 is 0 Å². The molecule has 1 amide bonds. The van der Waals surface area contributed by atoms with Crippen molar-refractivity contribution in [2.75, 3.05) is 0 Å². The number of carbonyl (C=O) groups is 1. The van der Waals surface area contributed by atoms with Gasteiger partial charge in [0.15, 0.2) is 0 Å². The Morgan fingerprint density at radius 2 is 2.14 bits per heavy atom. The Kier molecular flexibility index (Phi) is 4.18. The molecule has 0 aliphatic carbocycles. The lowest BCUT2D eigenvalue weighted by Gasteiger charge is -2.20. The number of hydrazone groups is 1. The number of fused-ring (bicyclic) bond motifs is 1. The molecule has 0 N–H and O–H groups in total. The van der Waals surface area contributed by atoms with Crippen LogP contribution in [-0.4, -0.2) is 26.2 Å². The molecule has 28 heavy (non-hydrogen) atoms. The Morgan fingerprint density at radius 3 is 2.93 bits per heavy atom. The fourth-order valence-electron chi connectivity index (χ4n) is 3.26. The smallest absolute Gasteiger partial charge is 0.263 e. The van der Waals surface area contributed by atoms with Gasteiger partial charge in [-0.1, -0.05) is 6.07 Å². The Balaban J connectivity index is 1.48. The average molecular weight is 410 g/mol. The fraction of sp³-hybridized carbons (Fsp3) is 0.158. The van der Waals surface area contributed by atoms with Gasteiger partial charge in [0.05, 0.1) is 28.6 Å². The minimum Gasteiger partial charge on any atom is -0.467 e. The molecule has 1 aliphatic heterocycles. The molecule has 0 radical (unpaired) electrons. The molecule has 9 heteroatoms. The summed E-state index contributed by atoms with van der Waals surface area (Å²) in [7, 11) is 0. The van der Waals surface area contributed by atoms with Crippen molar-refractivity contribution in [3.8, 4) is 0 Å². The first-order chi connectivity index (χ1) is 13.7. The second kappa shape index (κ2) is 6.84. The van der Waals surface area contributed by atoms with Crippen molar-refractivity contribution in [3.05, 3.63) is 74.7 Å². The molecular weight excluding hydrogens is 396 g/mol. The zero-order valence-electron chi connectivity index (χ0n) is 14.5. The Hall–Kier alpha value is -3.04. The lowest BCUT2D eigenvalue weighted by molar-refractivity contribution is -0.134. The van der Waals surface area contributed by atoms with Crippen LogP contribution in [0.4, 0.5) is 0 Å². The molecule has 0 aromatic carbocycles. The van der Waals surface area contributed by atoms with Crippen LogP contribution in [0.5, 0.6) is 0 Å². The van der Waals surface area contributed by atoms with Gasteiger partial charge in [0.1, 0.15) is 23.2 Å². The molecule has 0 bridgehead atoms. The predicted octanol–water partition coefficient (Wildman–Crippen LogP) is 3.49. The van der Waals surface area contributed by atoms with Gasteiger partial charge in [0.25, 0.3) is 11.5 Å². The third-order valence-corrected chi connectivity index (χ3v) is 6.34. The molecular formula is C19H14N4O3S2. The summed E-state index contributed by atoms with van der Waals surface area (Å²) in [4.78, 5) is 31.6. The summed E-state index contributed by atoms with van der Waals surface area (Å²) < 4.78 is 6.87. The molecule has 0 fully saturated rings. The second-order valence-electron chi connectivity index (χ2n) is 6.31. The van der Waals surface area contributed by atoms with Crippen LogP contribution in [0, 0.1) is 0 Å². The van der Waals surface area contributed by atoms with Crippen LogP contribution >= 0.6 is 22.7 Å². The van der Waals surface area contributed by atoms with Gasteiger partial charge in [0, 0.05) is 6.42 Å². The van der Waals surface area contributed by atoms with Crippen LogP contribution in [0.2, 0.25) is 0 Å². The molecule has 0 saturated carbocycles. The summed E-state index contributed by atoms with van der Waals surface area (Å²) in [5.74, 6) is 0.383. The van der Waals surface area contributed by atoms with E-state index in [2.05, 4.69) is 10.1 Å². The van der Waals surface area contributed by atoms with Crippen molar-refractivity contribution in [1.82, 2.24) is 14.6 Å². The molecule has 7 nitrogen and oxygen atoms in total. The van der Waals surface area contributed by atoms with E-state index >= 15 is 0 Å². The Bertz CT molecular complexity index is 1220. The first-order valence-electron chi connectivity index (χ1n) is 8.60. The summed E-state index contributed by atoms with van der Waals surface area (Å²) in [5, 5.41) is 10.3. The first-order valence-corrected chi connectivity index (χ1v) is 10.4. The third kappa shape index (κ3) is 2.88. The van der Waals surface area contributed by atoms with Crippen molar-refractivity contribution < 1.29 is 9.21 Å². The molecule has 0 unspecified atom stereocenters. The van der Waals surface area contributed by atoms with Crippen LogP contribution in [0.25, 0.3) is 10.2 Å². The largest absolute Gasteiger partial charge is 0.467 e. The zero-order valence-corrected chi connectivity index (χ0v) is 16.2. The van der Waals surface area contributed by atoms with E-state index in [1.807, 2.05) is 29.0 Å². The van der Waals surface area contributed by atoms with Crippen LogP contribution in [0.1, 0.15) is 23.1 Å². The SMILES string of the molecule is O=C(Cn1cnc2sccc2c1=O)N1N=C(c2cccs2)C[C@H]1c1ccco1. The molecule has 1 aliphatic rings. The second-order valence-corrected chi connectivity index (χ2v) is 8.16. The van der Waals surface area contributed by atoms with Crippen LogP contribution in [-0.2, 0) is 11.3 Å². The lowest BCUT2D eigenvalue weighted by Crippen LogP contribution is -2.33. The van der Waals surface area contributed by atoms with Gasteiger partial charge in [-0.05, 0) is 35.0 Å². The van der Waals surface area contributed by atoms with Gasteiger partial charge in [-0.25, -0.2) is 9.99 Å². The van der Waals surface area contributed by atoms with Crippen LogP contribution in [0.15, 0.2) is 68.0 Å². The van der Waals surface area contributed by atoms with Crippen molar-refractivity contribution in [2.24, 2.45) is 5.10 Å². The van der Waals surface area contributed by atoms with Gasteiger partial charge < -0.3 is 4.42 Å². The Labute approximate surface area is 167 Å². The van der Waals surface area contributed by atoms with Crippen molar-refractivity contribution >= 4 is 44.5 Å². The molecule has 0 spiro atoms. The molecule has 5 rings (SSSR count). The van der Waals surface area contributed by atoms with Gasteiger partial charge in [0.2, 0.25) is 0 Å². The maximum absolute atomic E-state index is 13.1. The Morgan fingerprint density at radius 1 is 1.21 bits per heavy atom. The quantitative estimate of drug-likeness (QED) is 0.516. The molecule has 140 valence electrons. The normalized spacial score (nSPS) is 16.6. The molecule has 1 atom stereocenters. The summed E-state index contributed by atoms with van der Waals surface area (Å²) >= 11 is 2.98.